The number of nitrogens with one attached hydrogen (secondary N) is 2. The minimum atomic E-state index is -5.40. The summed E-state index contributed by atoms with van der Waals surface area (Å²) in [6, 6.07) is 6.09. The number of nitrogen functional groups attached to an aromatic ring is 1. The van der Waals surface area contributed by atoms with E-state index in [0.717, 1.165) is 39.0 Å². The molecule has 2 aromatic heterocycles. The number of imidazole rings is 1. The van der Waals surface area contributed by atoms with Gasteiger partial charge in [0.1, 0.15) is 28.6 Å². The van der Waals surface area contributed by atoms with E-state index in [2.05, 4.69) is 30.3 Å². The van der Waals surface area contributed by atoms with Gasteiger partial charge in [-0.2, -0.15) is 13.2 Å². The van der Waals surface area contributed by atoms with E-state index in [1.807, 2.05) is 24.3 Å². The number of carboxylic acid groups (broad SMARTS) is 1. The number of hydrogen-bond donors (Lipinski definition) is 4. The zero-order valence-corrected chi connectivity index (χ0v) is 25.2. The van der Waals surface area contributed by atoms with Crippen molar-refractivity contribution in [2.45, 2.75) is 30.6 Å². The number of para-hydroxylation sites is 2. The Balaban J connectivity index is 1.18. The SMILES string of the molecule is Nc1nc(/C(=N/OC(=O)C(F)(F)F)C(=O)N[C@@H]2C(=O)N3C(C(=O)O)=C(/C=C4\CCN(Cc5nc6ccccc6[nH]5)C4=O)CS[C@H]23)cs1. The highest BCUT2D eigenvalue weighted by atomic mass is 32.2. The molecule has 3 aromatic rings. The Morgan fingerprint density at radius 3 is 2.68 bits per heavy atom. The quantitative estimate of drug-likeness (QED) is 0.0874. The molecule has 1 aromatic carbocycles. The fourth-order valence-corrected chi connectivity index (χ4v) is 6.98. The first-order chi connectivity index (χ1) is 22.3. The Labute approximate surface area is 269 Å². The Morgan fingerprint density at radius 2 is 2.00 bits per heavy atom. The molecule has 3 aliphatic rings. The third kappa shape index (κ3) is 6.15. The largest absolute Gasteiger partial charge is 0.493 e. The summed E-state index contributed by atoms with van der Waals surface area (Å²) in [6.07, 6.45) is -3.62. The lowest BCUT2D eigenvalue weighted by atomic mass is 10.0. The van der Waals surface area contributed by atoms with Crippen LogP contribution < -0.4 is 11.1 Å². The number of aliphatic carboxylic acids is 1. The van der Waals surface area contributed by atoms with Crippen LogP contribution in [-0.4, -0.2) is 95.1 Å². The van der Waals surface area contributed by atoms with Crippen LogP contribution in [0.2, 0.25) is 0 Å². The third-order valence-electron chi connectivity index (χ3n) is 7.26. The van der Waals surface area contributed by atoms with E-state index in [-0.39, 0.29) is 40.3 Å². The molecule has 3 aliphatic heterocycles. The van der Waals surface area contributed by atoms with Crippen LogP contribution in [0.5, 0.6) is 0 Å². The van der Waals surface area contributed by atoms with Gasteiger partial charge in [-0.25, -0.2) is 19.6 Å². The predicted octanol–water partition coefficient (Wildman–Crippen LogP) is 1.51. The average molecular weight is 691 g/mol. The number of amides is 3. The van der Waals surface area contributed by atoms with E-state index >= 15 is 0 Å². The van der Waals surface area contributed by atoms with E-state index in [1.165, 1.54) is 11.5 Å². The molecule has 0 saturated carbocycles. The van der Waals surface area contributed by atoms with Crippen molar-refractivity contribution in [1.82, 2.24) is 30.1 Å². The molecule has 5 heterocycles. The van der Waals surface area contributed by atoms with Crippen LogP contribution in [0.3, 0.4) is 0 Å². The number of carboxylic acids is 1. The van der Waals surface area contributed by atoms with Crippen molar-refractivity contribution in [3.8, 4) is 0 Å². The number of alkyl halides is 3. The first-order valence-corrected chi connectivity index (χ1v) is 15.5. The molecule has 2 atom stereocenters. The minimum Gasteiger partial charge on any atom is -0.477 e. The molecule has 0 aliphatic carbocycles. The summed E-state index contributed by atoms with van der Waals surface area (Å²) in [7, 11) is 0. The number of oxime groups is 1. The maximum Gasteiger partial charge on any atom is 0.493 e. The molecule has 15 nitrogen and oxygen atoms in total. The molecule has 6 rings (SSSR count). The number of aromatic amines is 1. The summed E-state index contributed by atoms with van der Waals surface area (Å²) in [6.45, 7) is 0.587. The molecule has 3 amide bonds. The van der Waals surface area contributed by atoms with Crippen LogP contribution in [0.1, 0.15) is 17.9 Å². The molecule has 0 spiro atoms. The lowest BCUT2D eigenvalue weighted by molar-refractivity contribution is -0.199. The summed E-state index contributed by atoms with van der Waals surface area (Å²) in [5.41, 5.74) is 6.12. The number of nitrogens with two attached hydrogens (primary N) is 1. The van der Waals surface area contributed by atoms with Gasteiger partial charge in [-0.15, -0.1) is 23.1 Å². The number of hydrogen-bond acceptors (Lipinski definition) is 12. The van der Waals surface area contributed by atoms with Gasteiger partial charge in [0, 0.05) is 23.3 Å². The van der Waals surface area contributed by atoms with Crippen molar-refractivity contribution in [2.24, 2.45) is 5.16 Å². The lowest BCUT2D eigenvalue weighted by Gasteiger charge is -2.49. The van der Waals surface area contributed by atoms with E-state index in [9.17, 15) is 42.3 Å². The monoisotopic (exact) mass is 690 g/mol. The number of rotatable bonds is 8. The summed E-state index contributed by atoms with van der Waals surface area (Å²) < 4.78 is 37.9. The van der Waals surface area contributed by atoms with Gasteiger partial charge in [0.05, 0.1) is 17.6 Å². The van der Waals surface area contributed by atoms with Crippen LogP contribution in [0.15, 0.2) is 57.7 Å². The first kappa shape index (κ1) is 31.7. The summed E-state index contributed by atoms with van der Waals surface area (Å²) in [5, 5.41) is 15.5. The number of nitrogens with zero attached hydrogens (tertiary/aromatic N) is 5. The zero-order valence-electron chi connectivity index (χ0n) is 23.6. The molecule has 47 heavy (non-hydrogen) atoms. The second-order valence-electron chi connectivity index (χ2n) is 10.3. The molecular formula is C27H21F3N8O7S2. The standard InChI is InChI=1S/C27H21F3N8O7S2/c28-27(29,30)25(44)45-36-17(15-10-47-26(31)34-15)20(39)35-18-22(41)38-19(24(42)43)12(9-46-23(18)38)7-11-5-6-37(21(11)40)8-16-32-13-3-1-2-4-14(13)33-16/h1-4,7,10,18,23H,5-6,8-9H2,(H2,31,34)(H,32,33)(H,35,39)(H,42,43)/b11-7+,36-17-/t18-,23-/m1/s1. The van der Waals surface area contributed by atoms with Gasteiger partial charge < -0.3 is 30.9 Å². The van der Waals surface area contributed by atoms with Crippen molar-refractivity contribution >= 4 is 74.6 Å². The van der Waals surface area contributed by atoms with Crippen LogP contribution in [-0.2, 0) is 35.4 Å². The highest BCUT2D eigenvalue weighted by Gasteiger charge is 2.54. The Hall–Kier alpha value is -5.24. The summed E-state index contributed by atoms with van der Waals surface area (Å²) in [5.74, 6) is -5.87. The predicted molar refractivity (Wildman–Crippen MR) is 159 cm³/mol. The van der Waals surface area contributed by atoms with Crippen LogP contribution in [0.4, 0.5) is 18.3 Å². The highest BCUT2D eigenvalue weighted by molar-refractivity contribution is 8.00. The van der Waals surface area contributed by atoms with E-state index in [0.29, 0.717) is 24.4 Å². The van der Waals surface area contributed by atoms with Crippen molar-refractivity contribution in [2.75, 3.05) is 18.0 Å². The second-order valence-corrected chi connectivity index (χ2v) is 12.3. The molecule has 0 radical (unpaired) electrons. The zero-order chi connectivity index (χ0) is 33.6. The first-order valence-electron chi connectivity index (χ1n) is 13.5. The molecule has 244 valence electrons. The number of thioether (sulfide) groups is 1. The lowest BCUT2D eigenvalue weighted by Crippen LogP contribution is -2.71. The normalized spacial score (nSPS) is 20.9. The number of anilines is 1. The number of benzene rings is 1. The number of β-lactam (4-membered cyclic amide) rings is 1. The van der Waals surface area contributed by atoms with Crippen molar-refractivity contribution in [3.05, 3.63) is 64.1 Å². The summed E-state index contributed by atoms with van der Waals surface area (Å²) >= 11 is 1.92. The number of thiazole rings is 1. The van der Waals surface area contributed by atoms with Gasteiger partial charge in [0.25, 0.3) is 11.8 Å². The summed E-state index contributed by atoms with van der Waals surface area (Å²) in [4.78, 5) is 80.7. The number of fused-ring (bicyclic) bond motifs is 2. The van der Waals surface area contributed by atoms with E-state index < -0.39 is 47.1 Å². The smallest absolute Gasteiger partial charge is 0.477 e. The molecular weight excluding hydrogens is 669 g/mol. The molecule has 2 fully saturated rings. The van der Waals surface area contributed by atoms with Gasteiger partial charge >= 0.3 is 18.1 Å². The van der Waals surface area contributed by atoms with Crippen molar-refractivity contribution in [1.29, 1.82) is 0 Å². The number of carbonyl (C=O) groups is 5. The third-order valence-corrected chi connectivity index (χ3v) is 9.23. The Kier molecular flexibility index (Phi) is 8.22. The molecule has 0 bridgehead atoms. The fraction of sp³-hybridized carbons (Fsp3) is 0.259. The molecule has 2 saturated heterocycles. The molecule has 20 heteroatoms. The molecule has 5 N–H and O–H groups in total. The van der Waals surface area contributed by atoms with Gasteiger partial charge in [0.15, 0.2) is 10.8 Å². The number of allylic oxidation sites excluding steroid dienone is 1. The van der Waals surface area contributed by atoms with E-state index in [1.54, 1.807) is 4.90 Å². The highest BCUT2D eigenvalue weighted by Crippen LogP contribution is 2.41. The fourth-order valence-electron chi connectivity index (χ4n) is 5.13. The number of H-pyrrole nitrogens is 1. The maximum atomic E-state index is 13.2. The number of aromatic nitrogens is 3. The second kappa shape index (κ2) is 12.2. The average Bonchev–Trinajstić information content (AvgIpc) is 3.73. The maximum absolute atomic E-state index is 13.2. The van der Waals surface area contributed by atoms with Gasteiger partial charge in [-0.1, -0.05) is 17.3 Å². The number of carbonyl (C=O) groups excluding carboxylic acids is 4. The van der Waals surface area contributed by atoms with Crippen molar-refractivity contribution < 1.29 is 47.1 Å². The Bertz CT molecular complexity index is 1900. The van der Waals surface area contributed by atoms with Crippen LogP contribution in [0.25, 0.3) is 11.0 Å². The van der Waals surface area contributed by atoms with Gasteiger partial charge in [0.2, 0.25) is 5.91 Å². The van der Waals surface area contributed by atoms with Gasteiger partial charge in [-0.3, -0.25) is 19.3 Å². The topological polar surface area (TPSA) is 213 Å². The molecule has 0 unspecified atom stereocenters. The van der Waals surface area contributed by atoms with Crippen LogP contribution >= 0.6 is 23.1 Å². The van der Waals surface area contributed by atoms with E-state index in [4.69, 9.17) is 5.73 Å². The minimum absolute atomic E-state index is 0.0512. The van der Waals surface area contributed by atoms with Crippen LogP contribution in [0, 0.1) is 0 Å². The number of halogens is 3. The van der Waals surface area contributed by atoms with Gasteiger partial charge in [-0.05, 0) is 30.2 Å². The number of likely N-dealkylation sites (tertiary alicyclic amines) is 1. The Morgan fingerprint density at radius 1 is 1.23 bits per heavy atom. The van der Waals surface area contributed by atoms with Crippen molar-refractivity contribution in [3.63, 3.8) is 0 Å².